The van der Waals surface area contributed by atoms with Crippen LogP contribution in [0.15, 0.2) is 28.7 Å². The second kappa shape index (κ2) is 8.42. The van der Waals surface area contributed by atoms with Gasteiger partial charge in [-0.1, -0.05) is 27.5 Å². The Bertz CT molecular complexity index is 848. The van der Waals surface area contributed by atoms with Crippen LogP contribution in [0.4, 0.5) is 10.5 Å². The van der Waals surface area contributed by atoms with Crippen LogP contribution in [-0.4, -0.2) is 26.2 Å². The van der Waals surface area contributed by atoms with Crippen molar-refractivity contribution in [2.24, 2.45) is 0 Å². The molecule has 2 N–H and O–H groups in total. The van der Waals surface area contributed by atoms with Crippen LogP contribution in [0.2, 0.25) is 5.02 Å². The van der Waals surface area contributed by atoms with Gasteiger partial charge in [-0.15, -0.1) is 0 Å². The number of hydrogen-bond acceptors (Lipinski definition) is 4. The van der Waals surface area contributed by atoms with E-state index in [0.717, 1.165) is 15.6 Å². The molecule has 0 aliphatic carbocycles. The third kappa shape index (κ3) is 4.28. The van der Waals surface area contributed by atoms with Crippen LogP contribution < -0.4 is 20.1 Å². The van der Waals surface area contributed by atoms with Crippen LogP contribution in [0, 0.1) is 13.8 Å². The minimum Gasteiger partial charge on any atom is -0.496 e. The van der Waals surface area contributed by atoms with Crippen molar-refractivity contribution in [1.29, 1.82) is 0 Å². The Morgan fingerprint density at radius 1 is 1.08 bits per heavy atom. The molecule has 0 saturated carbocycles. The molecular formula is C18H18BrClN2O4. The van der Waals surface area contributed by atoms with E-state index >= 15 is 0 Å². The molecule has 0 unspecified atom stereocenters. The second-order valence-corrected chi connectivity index (χ2v) is 6.80. The Morgan fingerprint density at radius 2 is 1.69 bits per heavy atom. The molecule has 0 spiro atoms. The van der Waals surface area contributed by atoms with Crippen molar-refractivity contribution in [3.63, 3.8) is 0 Å². The topological polar surface area (TPSA) is 76.7 Å². The number of methoxy groups -OCH3 is 2. The molecule has 2 aromatic carbocycles. The Kier molecular flexibility index (Phi) is 6.50. The zero-order valence-electron chi connectivity index (χ0n) is 14.7. The molecule has 0 radical (unpaired) electrons. The first-order valence-electron chi connectivity index (χ1n) is 7.58. The number of nitrogens with one attached hydrogen (secondary N) is 2. The van der Waals surface area contributed by atoms with Gasteiger partial charge in [0.05, 0.1) is 19.2 Å². The van der Waals surface area contributed by atoms with Gasteiger partial charge >= 0.3 is 6.03 Å². The first kappa shape index (κ1) is 20.1. The molecule has 138 valence electrons. The van der Waals surface area contributed by atoms with Crippen LogP contribution in [0.1, 0.15) is 21.5 Å². The lowest BCUT2D eigenvalue weighted by molar-refractivity contribution is 0.0961. The van der Waals surface area contributed by atoms with E-state index in [1.54, 1.807) is 6.07 Å². The van der Waals surface area contributed by atoms with Gasteiger partial charge in [0.1, 0.15) is 11.3 Å². The third-order valence-electron chi connectivity index (χ3n) is 3.69. The van der Waals surface area contributed by atoms with Gasteiger partial charge in [0.2, 0.25) is 0 Å². The largest absolute Gasteiger partial charge is 0.496 e. The van der Waals surface area contributed by atoms with E-state index in [1.165, 1.54) is 20.3 Å². The van der Waals surface area contributed by atoms with Gasteiger partial charge in [-0.05, 0) is 49.2 Å². The number of anilines is 1. The van der Waals surface area contributed by atoms with Crippen LogP contribution in [0.3, 0.4) is 0 Å². The molecule has 6 nitrogen and oxygen atoms in total. The number of benzene rings is 2. The Labute approximate surface area is 164 Å². The molecule has 3 amide bonds. The van der Waals surface area contributed by atoms with E-state index in [1.807, 2.05) is 26.0 Å². The average molecular weight is 442 g/mol. The quantitative estimate of drug-likeness (QED) is 0.721. The lowest BCUT2D eigenvalue weighted by Gasteiger charge is -2.15. The molecule has 0 fully saturated rings. The highest BCUT2D eigenvalue weighted by Gasteiger charge is 2.23. The summed E-state index contributed by atoms with van der Waals surface area (Å²) in [5.74, 6) is -0.314. The fraction of sp³-hybridized carbons (Fsp3) is 0.222. The normalized spacial score (nSPS) is 10.2. The van der Waals surface area contributed by atoms with Gasteiger partial charge in [0, 0.05) is 10.2 Å². The number of amides is 3. The van der Waals surface area contributed by atoms with Gasteiger partial charge in [0.25, 0.3) is 5.91 Å². The summed E-state index contributed by atoms with van der Waals surface area (Å²) in [7, 11) is 2.79. The number of hydrogen-bond donors (Lipinski definition) is 2. The van der Waals surface area contributed by atoms with Crippen LogP contribution in [0.5, 0.6) is 11.5 Å². The summed E-state index contributed by atoms with van der Waals surface area (Å²) in [6, 6.07) is 6.14. The van der Waals surface area contributed by atoms with Gasteiger partial charge in [-0.2, -0.15) is 0 Å². The van der Waals surface area contributed by atoms with Crippen LogP contribution in [-0.2, 0) is 0 Å². The molecule has 0 heterocycles. The number of imide groups is 1. The van der Waals surface area contributed by atoms with Crippen molar-refractivity contribution >= 4 is 45.2 Å². The first-order chi connectivity index (χ1) is 12.3. The molecule has 8 heteroatoms. The van der Waals surface area contributed by atoms with E-state index in [0.29, 0.717) is 5.69 Å². The maximum Gasteiger partial charge on any atom is 0.326 e. The summed E-state index contributed by atoms with van der Waals surface area (Å²) in [6.07, 6.45) is 0. The Balaban J connectivity index is 2.26. The molecule has 0 aromatic heterocycles. The summed E-state index contributed by atoms with van der Waals surface area (Å²) in [4.78, 5) is 24.9. The van der Waals surface area contributed by atoms with Crippen LogP contribution in [0.25, 0.3) is 0 Å². The van der Waals surface area contributed by atoms with Crippen molar-refractivity contribution in [3.05, 3.63) is 50.5 Å². The van der Waals surface area contributed by atoms with Crippen molar-refractivity contribution in [3.8, 4) is 11.5 Å². The van der Waals surface area contributed by atoms with E-state index < -0.39 is 11.9 Å². The van der Waals surface area contributed by atoms with Crippen molar-refractivity contribution in [2.75, 3.05) is 19.5 Å². The SMILES string of the molecule is COc1ccc(Cl)c(OC)c1C(=O)NC(=O)Nc1c(C)cc(Br)cc1C. The third-order valence-corrected chi connectivity index (χ3v) is 4.44. The van der Waals surface area contributed by atoms with E-state index in [2.05, 4.69) is 26.6 Å². The average Bonchev–Trinajstić information content (AvgIpc) is 2.57. The summed E-state index contributed by atoms with van der Waals surface area (Å²) < 4.78 is 11.3. The highest BCUT2D eigenvalue weighted by atomic mass is 79.9. The summed E-state index contributed by atoms with van der Waals surface area (Å²) in [5.41, 5.74) is 2.39. The lowest BCUT2D eigenvalue weighted by Crippen LogP contribution is -2.35. The summed E-state index contributed by atoms with van der Waals surface area (Å²) >= 11 is 9.46. The van der Waals surface area contributed by atoms with Crippen LogP contribution >= 0.6 is 27.5 Å². The molecule has 2 aromatic rings. The number of ether oxygens (including phenoxy) is 2. The Hall–Kier alpha value is -2.25. The van der Waals surface area contributed by atoms with E-state index in [-0.39, 0.29) is 22.1 Å². The fourth-order valence-electron chi connectivity index (χ4n) is 2.54. The standard InChI is InChI=1S/C18H18BrClN2O4/c1-9-7-11(19)8-10(2)15(9)21-18(24)22-17(23)14-13(25-3)6-5-12(20)16(14)26-4/h5-8H,1-4H3,(H2,21,22,23,24). The summed E-state index contributed by atoms with van der Waals surface area (Å²) in [5, 5.41) is 5.20. The molecule has 0 atom stereocenters. The maximum absolute atomic E-state index is 12.6. The molecule has 0 bridgehead atoms. The molecule has 0 aliphatic heterocycles. The zero-order chi connectivity index (χ0) is 19.4. The predicted octanol–water partition coefficient (Wildman–Crippen LogP) is 4.70. The van der Waals surface area contributed by atoms with Gasteiger partial charge in [-0.25, -0.2) is 4.79 Å². The van der Waals surface area contributed by atoms with Crippen molar-refractivity contribution in [1.82, 2.24) is 5.32 Å². The minimum absolute atomic E-state index is 0.0434. The minimum atomic E-state index is -0.689. The predicted molar refractivity (Wildman–Crippen MR) is 105 cm³/mol. The van der Waals surface area contributed by atoms with Gasteiger partial charge in [0.15, 0.2) is 5.75 Å². The number of halogens is 2. The second-order valence-electron chi connectivity index (χ2n) is 5.48. The van der Waals surface area contributed by atoms with Crippen molar-refractivity contribution in [2.45, 2.75) is 13.8 Å². The molecule has 26 heavy (non-hydrogen) atoms. The van der Waals surface area contributed by atoms with Gasteiger partial charge < -0.3 is 14.8 Å². The highest BCUT2D eigenvalue weighted by molar-refractivity contribution is 9.10. The maximum atomic E-state index is 12.6. The van der Waals surface area contributed by atoms with E-state index in [9.17, 15) is 9.59 Å². The number of aryl methyl sites for hydroxylation is 2. The zero-order valence-corrected chi connectivity index (χ0v) is 17.0. The van der Waals surface area contributed by atoms with Crippen molar-refractivity contribution < 1.29 is 19.1 Å². The molecule has 0 aliphatic rings. The smallest absolute Gasteiger partial charge is 0.326 e. The number of rotatable bonds is 4. The number of urea groups is 1. The highest BCUT2D eigenvalue weighted by Crippen LogP contribution is 2.35. The number of carbonyl (C=O) groups excluding carboxylic acids is 2. The molecule has 2 rings (SSSR count). The van der Waals surface area contributed by atoms with Gasteiger partial charge in [-0.3, -0.25) is 10.1 Å². The molecular weight excluding hydrogens is 424 g/mol. The number of carbonyl (C=O) groups is 2. The fourth-order valence-corrected chi connectivity index (χ4v) is 3.46. The van der Waals surface area contributed by atoms with E-state index in [4.69, 9.17) is 21.1 Å². The lowest BCUT2D eigenvalue weighted by atomic mass is 10.1. The Morgan fingerprint density at radius 3 is 2.23 bits per heavy atom. The summed E-state index contributed by atoms with van der Waals surface area (Å²) in [6.45, 7) is 3.72. The monoisotopic (exact) mass is 440 g/mol. The molecule has 0 saturated heterocycles. The first-order valence-corrected chi connectivity index (χ1v) is 8.75.